The van der Waals surface area contributed by atoms with Crippen LogP contribution in [0.25, 0.3) is 0 Å². The summed E-state index contributed by atoms with van der Waals surface area (Å²) >= 11 is 1.45. The van der Waals surface area contributed by atoms with E-state index in [0.29, 0.717) is 22.1 Å². The Morgan fingerprint density at radius 1 is 1.19 bits per heavy atom. The second-order valence-electron chi connectivity index (χ2n) is 5.85. The summed E-state index contributed by atoms with van der Waals surface area (Å²) in [4.78, 5) is 26.0. The number of carbonyl (C=O) groups is 2. The SMILES string of the molecule is CCCc1sc(C(=O)OCC(=O)Nc2ccc3c(c2)OCO3)cc1CC. The van der Waals surface area contributed by atoms with Gasteiger partial charge in [-0.05, 0) is 36.6 Å². The van der Waals surface area contributed by atoms with E-state index >= 15 is 0 Å². The van der Waals surface area contributed by atoms with Crippen LogP contribution in [0.5, 0.6) is 11.5 Å². The van der Waals surface area contributed by atoms with Crippen molar-refractivity contribution in [3.63, 3.8) is 0 Å². The number of esters is 1. The molecule has 1 aromatic heterocycles. The largest absolute Gasteiger partial charge is 0.454 e. The van der Waals surface area contributed by atoms with Crippen LogP contribution in [0.4, 0.5) is 5.69 Å². The zero-order valence-corrected chi connectivity index (χ0v) is 15.6. The van der Waals surface area contributed by atoms with Crippen LogP contribution in [0.3, 0.4) is 0 Å². The molecule has 0 radical (unpaired) electrons. The summed E-state index contributed by atoms with van der Waals surface area (Å²) in [5.41, 5.74) is 1.73. The molecule has 0 spiro atoms. The number of nitrogens with one attached hydrogen (secondary N) is 1. The first kappa shape index (κ1) is 18.3. The highest BCUT2D eigenvalue weighted by Gasteiger charge is 2.17. The lowest BCUT2D eigenvalue weighted by molar-refractivity contribution is -0.119. The Bertz CT molecular complexity index is 814. The number of hydrogen-bond donors (Lipinski definition) is 1. The fraction of sp³-hybridized carbons (Fsp3) is 0.368. The van der Waals surface area contributed by atoms with Crippen molar-refractivity contribution in [2.45, 2.75) is 33.1 Å². The van der Waals surface area contributed by atoms with Crippen molar-refractivity contribution in [3.8, 4) is 11.5 Å². The van der Waals surface area contributed by atoms with E-state index in [4.69, 9.17) is 14.2 Å². The minimum atomic E-state index is -0.465. The fourth-order valence-corrected chi connectivity index (χ4v) is 3.93. The number of aryl methyl sites for hydroxylation is 2. The zero-order valence-electron chi connectivity index (χ0n) is 14.8. The Hall–Kier alpha value is -2.54. The van der Waals surface area contributed by atoms with Gasteiger partial charge in [-0.25, -0.2) is 4.79 Å². The minimum absolute atomic E-state index is 0.172. The third-order valence-corrected chi connectivity index (χ3v) is 5.16. The highest BCUT2D eigenvalue weighted by atomic mass is 32.1. The molecule has 0 atom stereocenters. The van der Waals surface area contributed by atoms with Crippen LogP contribution in [0, 0.1) is 0 Å². The molecule has 0 unspecified atom stereocenters. The lowest BCUT2D eigenvalue weighted by Crippen LogP contribution is -2.20. The van der Waals surface area contributed by atoms with E-state index in [1.165, 1.54) is 21.8 Å². The summed E-state index contributed by atoms with van der Waals surface area (Å²) in [7, 11) is 0. The third-order valence-electron chi connectivity index (χ3n) is 3.95. The average Bonchev–Trinajstić information content (AvgIpc) is 3.26. The van der Waals surface area contributed by atoms with Gasteiger partial charge >= 0.3 is 5.97 Å². The second-order valence-corrected chi connectivity index (χ2v) is 6.99. The minimum Gasteiger partial charge on any atom is -0.454 e. The summed E-state index contributed by atoms with van der Waals surface area (Å²) in [6, 6.07) is 6.97. The van der Waals surface area contributed by atoms with Gasteiger partial charge in [-0.1, -0.05) is 20.3 Å². The van der Waals surface area contributed by atoms with Gasteiger partial charge in [0.2, 0.25) is 6.79 Å². The molecule has 1 aliphatic heterocycles. The van der Waals surface area contributed by atoms with E-state index in [9.17, 15) is 9.59 Å². The van der Waals surface area contributed by atoms with Gasteiger partial charge < -0.3 is 19.5 Å². The van der Waals surface area contributed by atoms with Crippen LogP contribution in [0.15, 0.2) is 24.3 Å². The number of carbonyl (C=O) groups excluding carboxylic acids is 2. The van der Waals surface area contributed by atoms with Crippen LogP contribution in [0.2, 0.25) is 0 Å². The van der Waals surface area contributed by atoms with E-state index in [2.05, 4.69) is 19.2 Å². The van der Waals surface area contributed by atoms with Gasteiger partial charge in [0.1, 0.15) is 4.88 Å². The van der Waals surface area contributed by atoms with Crippen LogP contribution >= 0.6 is 11.3 Å². The van der Waals surface area contributed by atoms with E-state index in [0.717, 1.165) is 19.3 Å². The molecular formula is C19H21NO5S. The van der Waals surface area contributed by atoms with Crippen LogP contribution in [0.1, 0.15) is 40.4 Å². The molecule has 0 saturated carbocycles. The van der Waals surface area contributed by atoms with Crippen molar-refractivity contribution in [3.05, 3.63) is 39.6 Å². The average molecular weight is 375 g/mol. The summed E-state index contributed by atoms with van der Waals surface area (Å²) in [5.74, 6) is 0.349. The number of ether oxygens (including phenoxy) is 3. The molecule has 0 fully saturated rings. The molecule has 1 aromatic carbocycles. The first-order valence-corrected chi connectivity index (χ1v) is 9.40. The summed E-state index contributed by atoms with van der Waals surface area (Å²) in [5, 5.41) is 2.68. The number of amides is 1. The van der Waals surface area contributed by atoms with E-state index in [-0.39, 0.29) is 13.4 Å². The predicted molar refractivity (Wildman–Crippen MR) is 99.2 cm³/mol. The van der Waals surface area contributed by atoms with Crippen LogP contribution in [-0.2, 0) is 22.4 Å². The molecule has 1 amide bonds. The maximum atomic E-state index is 12.2. The zero-order chi connectivity index (χ0) is 18.5. The monoisotopic (exact) mass is 375 g/mol. The highest BCUT2D eigenvalue weighted by Crippen LogP contribution is 2.34. The molecule has 0 bridgehead atoms. The summed E-state index contributed by atoms with van der Waals surface area (Å²) in [6.07, 6.45) is 2.86. The lowest BCUT2D eigenvalue weighted by atomic mass is 10.1. The predicted octanol–water partition coefficient (Wildman–Crippen LogP) is 3.79. The molecule has 0 aliphatic carbocycles. The first-order valence-electron chi connectivity index (χ1n) is 8.59. The molecule has 1 N–H and O–H groups in total. The van der Waals surface area contributed by atoms with Crippen LogP contribution < -0.4 is 14.8 Å². The molecule has 1 aliphatic rings. The lowest BCUT2D eigenvalue weighted by Gasteiger charge is -2.06. The Kier molecular flexibility index (Phi) is 5.78. The molecule has 138 valence electrons. The van der Waals surface area contributed by atoms with Gasteiger partial charge in [0.15, 0.2) is 18.1 Å². The normalized spacial score (nSPS) is 12.1. The number of benzene rings is 1. The molecular weight excluding hydrogens is 354 g/mol. The maximum absolute atomic E-state index is 12.2. The molecule has 6 nitrogen and oxygen atoms in total. The standard InChI is InChI=1S/C19H21NO5S/c1-3-5-16-12(4-2)8-17(26-16)19(22)23-10-18(21)20-13-6-7-14-15(9-13)25-11-24-14/h6-9H,3-5,10-11H2,1-2H3,(H,20,21). The van der Waals surface area contributed by atoms with Gasteiger partial charge in [0.25, 0.3) is 5.91 Å². The van der Waals surface area contributed by atoms with E-state index in [1.807, 2.05) is 6.07 Å². The number of thiophene rings is 1. The quantitative estimate of drug-likeness (QED) is 0.746. The molecule has 2 heterocycles. The van der Waals surface area contributed by atoms with Crippen molar-refractivity contribution < 1.29 is 23.8 Å². The molecule has 26 heavy (non-hydrogen) atoms. The topological polar surface area (TPSA) is 73.9 Å². The molecule has 2 aromatic rings. The van der Waals surface area contributed by atoms with Gasteiger partial charge in [-0.2, -0.15) is 0 Å². The van der Waals surface area contributed by atoms with Crippen molar-refractivity contribution in [1.82, 2.24) is 0 Å². The Morgan fingerprint density at radius 2 is 2.00 bits per heavy atom. The third kappa shape index (κ3) is 4.16. The second kappa shape index (κ2) is 8.23. The van der Waals surface area contributed by atoms with Crippen molar-refractivity contribution in [2.24, 2.45) is 0 Å². The molecule has 3 rings (SSSR count). The fourth-order valence-electron chi connectivity index (χ4n) is 2.68. The van der Waals surface area contributed by atoms with Gasteiger partial charge in [0, 0.05) is 16.6 Å². The smallest absolute Gasteiger partial charge is 0.348 e. The van der Waals surface area contributed by atoms with Gasteiger partial charge in [-0.15, -0.1) is 11.3 Å². The van der Waals surface area contributed by atoms with Crippen LogP contribution in [-0.4, -0.2) is 25.3 Å². The van der Waals surface area contributed by atoms with Crippen molar-refractivity contribution in [1.29, 1.82) is 0 Å². The van der Waals surface area contributed by atoms with Crippen molar-refractivity contribution >= 4 is 28.9 Å². The van der Waals surface area contributed by atoms with Crippen molar-refractivity contribution in [2.75, 3.05) is 18.7 Å². The van der Waals surface area contributed by atoms with Gasteiger partial charge in [-0.3, -0.25) is 4.79 Å². The Morgan fingerprint density at radius 3 is 2.77 bits per heavy atom. The number of anilines is 1. The number of rotatable bonds is 7. The maximum Gasteiger partial charge on any atom is 0.348 e. The Balaban J connectivity index is 1.55. The molecule has 0 saturated heterocycles. The summed E-state index contributed by atoms with van der Waals surface area (Å²) in [6.45, 7) is 4.01. The Labute approximate surface area is 156 Å². The summed E-state index contributed by atoms with van der Waals surface area (Å²) < 4.78 is 15.6. The number of hydrogen-bond acceptors (Lipinski definition) is 6. The van der Waals surface area contributed by atoms with E-state index < -0.39 is 11.9 Å². The first-order chi connectivity index (χ1) is 12.6. The van der Waals surface area contributed by atoms with Gasteiger partial charge in [0.05, 0.1) is 0 Å². The molecule has 7 heteroatoms. The number of fused-ring (bicyclic) bond motifs is 1. The highest BCUT2D eigenvalue weighted by molar-refractivity contribution is 7.14. The van der Waals surface area contributed by atoms with E-state index in [1.54, 1.807) is 18.2 Å².